The van der Waals surface area contributed by atoms with Crippen molar-refractivity contribution in [1.29, 1.82) is 0 Å². The van der Waals surface area contributed by atoms with E-state index in [1.165, 1.54) is 49.9 Å². The second-order valence-corrected chi connectivity index (χ2v) is 10.5. The van der Waals surface area contributed by atoms with Crippen molar-refractivity contribution in [3.63, 3.8) is 0 Å². The van der Waals surface area contributed by atoms with Crippen LogP contribution in [0, 0.1) is 11.7 Å². The molecule has 1 aliphatic heterocycles. The molecular formula is C27H38FN5O. The van der Waals surface area contributed by atoms with Crippen molar-refractivity contribution in [3.05, 3.63) is 41.8 Å². The van der Waals surface area contributed by atoms with Crippen LogP contribution in [0.3, 0.4) is 0 Å². The van der Waals surface area contributed by atoms with Crippen LogP contribution in [-0.4, -0.2) is 51.8 Å². The molecule has 0 spiro atoms. The highest BCUT2D eigenvalue weighted by Gasteiger charge is 2.28. The molecule has 0 bridgehead atoms. The fourth-order valence-corrected chi connectivity index (χ4v) is 5.93. The molecule has 2 aliphatic carbocycles. The number of piperidine rings is 1. The summed E-state index contributed by atoms with van der Waals surface area (Å²) in [6, 6.07) is 6.58. The van der Waals surface area contributed by atoms with Gasteiger partial charge in [0.25, 0.3) is 0 Å². The third-order valence-electron chi connectivity index (χ3n) is 7.97. The Bertz CT molecular complexity index is 917. The summed E-state index contributed by atoms with van der Waals surface area (Å²) in [6.07, 6.45) is 13.3. The van der Waals surface area contributed by atoms with E-state index >= 15 is 0 Å². The molecule has 184 valence electrons. The van der Waals surface area contributed by atoms with Gasteiger partial charge in [-0.05, 0) is 101 Å². The Morgan fingerprint density at radius 1 is 0.941 bits per heavy atom. The SMILES string of the molecule is OC1CCC(Nc2nc(Nc3ccc(F)cc3)ncc2C2CCN(CC3CCCC3)CC2)CC1. The van der Waals surface area contributed by atoms with Gasteiger partial charge in [0, 0.05) is 30.0 Å². The van der Waals surface area contributed by atoms with Gasteiger partial charge in [-0.3, -0.25) is 0 Å². The minimum atomic E-state index is -0.261. The lowest BCUT2D eigenvalue weighted by Crippen LogP contribution is -2.36. The number of aliphatic hydroxyl groups is 1. The molecule has 1 saturated heterocycles. The van der Waals surface area contributed by atoms with Crippen LogP contribution in [-0.2, 0) is 0 Å². The van der Waals surface area contributed by atoms with Crippen LogP contribution >= 0.6 is 0 Å². The molecule has 0 radical (unpaired) electrons. The summed E-state index contributed by atoms with van der Waals surface area (Å²) in [7, 11) is 0. The van der Waals surface area contributed by atoms with Crippen LogP contribution in [0.15, 0.2) is 30.5 Å². The van der Waals surface area contributed by atoms with E-state index in [1.54, 1.807) is 12.1 Å². The molecule has 34 heavy (non-hydrogen) atoms. The molecule has 1 aromatic heterocycles. The van der Waals surface area contributed by atoms with Crippen molar-refractivity contribution < 1.29 is 9.50 Å². The fourth-order valence-electron chi connectivity index (χ4n) is 5.93. The van der Waals surface area contributed by atoms with Gasteiger partial charge in [-0.15, -0.1) is 0 Å². The van der Waals surface area contributed by atoms with Crippen LogP contribution in [0.2, 0.25) is 0 Å². The minimum Gasteiger partial charge on any atom is -0.393 e. The first-order chi connectivity index (χ1) is 16.6. The largest absolute Gasteiger partial charge is 0.393 e. The average molecular weight is 468 g/mol. The normalized spacial score (nSPS) is 24.9. The number of hydrogen-bond acceptors (Lipinski definition) is 6. The van der Waals surface area contributed by atoms with E-state index in [2.05, 4.69) is 20.5 Å². The quantitative estimate of drug-likeness (QED) is 0.503. The van der Waals surface area contributed by atoms with Crippen molar-refractivity contribution in [2.75, 3.05) is 30.3 Å². The predicted octanol–water partition coefficient (Wildman–Crippen LogP) is 5.44. The van der Waals surface area contributed by atoms with Gasteiger partial charge in [0.2, 0.25) is 5.95 Å². The van der Waals surface area contributed by atoms with E-state index in [-0.39, 0.29) is 11.9 Å². The Hall–Kier alpha value is -2.25. The third-order valence-corrected chi connectivity index (χ3v) is 7.97. The first-order valence-corrected chi connectivity index (χ1v) is 13.2. The molecule has 2 aromatic rings. The van der Waals surface area contributed by atoms with E-state index in [9.17, 15) is 9.50 Å². The Labute approximate surface area is 202 Å². The van der Waals surface area contributed by atoms with Gasteiger partial charge in [0.15, 0.2) is 0 Å². The van der Waals surface area contributed by atoms with E-state index < -0.39 is 0 Å². The Morgan fingerprint density at radius 2 is 1.65 bits per heavy atom. The number of aliphatic hydroxyl groups excluding tert-OH is 1. The highest BCUT2D eigenvalue weighted by Crippen LogP contribution is 2.35. The number of nitrogens with zero attached hydrogens (tertiary/aromatic N) is 3. The molecule has 1 aromatic carbocycles. The minimum absolute atomic E-state index is 0.178. The van der Waals surface area contributed by atoms with Gasteiger partial charge in [-0.25, -0.2) is 9.37 Å². The van der Waals surface area contributed by atoms with Crippen molar-refractivity contribution >= 4 is 17.5 Å². The number of anilines is 3. The average Bonchev–Trinajstić information content (AvgIpc) is 3.36. The zero-order chi connectivity index (χ0) is 23.3. The van der Waals surface area contributed by atoms with Crippen molar-refractivity contribution in [2.45, 2.75) is 82.3 Å². The lowest BCUT2D eigenvalue weighted by Gasteiger charge is -2.34. The summed E-state index contributed by atoms with van der Waals surface area (Å²) in [5.41, 5.74) is 1.97. The summed E-state index contributed by atoms with van der Waals surface area (Å²) >= 11 is 0. The van der Waals surface area contributed by atoms with Crippen molar-refractivity contribution in [3.8, 4) is 0 Å². The monoisotopic (exact) mass is 467 g/mol. The zero-order valence-corrected chi connectivity index (χ0v) is 20.1. The maximum atomic E-state index is 13.3. The number of benzene rings is 1. The molecule has 0 amide bonds. The van der Waals surface area contributed by atoms with Crippen LogP contribution in [0.4, 0.5) is 21.8 Å². The molecule has 6 nitrogen and oxygen atoms in total. The van der Waals surface area contributed by atoms with Crippen LogP contribution in [0.1, 0.15) is 75.7 Å². The topological polar surface area (TPSA) is 73.3 Å². The lowest BCUT2D eigenvalue weighted by molar-refractivity contribution is 0.126. The predicted molar refractivity (Wildman–Crippen MR) is 134 cm³/mol. The van der Waals surface area contributed by atoms with Crippen molar-refractivity contribution in [2.24, 2.45) is 5.92 Å². The first kappa shape index (κ1) is 23.5. The van der Waals surface area contributed by atoms with Gasteiger partial charge in [-0.2, -0.15) is 4.98 Å². The van der Waals surface area contributed by atoms with Crippen LogP contribution < -0.4 is 10.6 Å². The van der Waals surface area contributed by atoms with Gasteiger partial charge >= 0.3 is 0 Å². The van der Waals surface area contributed by atoms with Gasteiger partial charge in [0.1, 0.15) is 11.6 Å². The standard InChI is InChI=1S/C27H38FN5O/c28-21-5-7-23(8-6-21)31-27-29-17-25(26(32-27)30-22-9-11-24(34)12-10-22)20-13-15-33(16-14-20)18-19-3-1-2-4-19/h5-8,17,19-20,22,24,34H,1-4,9-16,18H2,(H2,29,30,31,32). The summed E-state index contributed by atoms with van der Waals surface area (Å²) in [4.78, 5) is 12.2. The third kappa shape index (κ3) is 6.05. The van der Waals surface area contributed by atoms with E-state index in [1.807, 2.05) is 6.20 Å². The van der Waals surface area contributed by atoms with E-state index in [4.69, 9.17) is 4.98 Å². The molecule has 7 heteroatoms. The number of hydrogen-bond donors (Lipinski definition) is 3. The first-order valence-electron chi connectivity index (χ1n) is 13.2. The maximum absolute atomic E-state index is 13.3. The highest BCUT2D eigenvalue weighted by molar-refractivity contribution is 5.57. The Balaban J connectivity index is 1.29. The smallest absolute Gasteiger partial charge is 0.229 e. The summed E-state index contributed by atoms with van der Waals surface area (Å²) in [6.45, 7) is 3.55. The number of nitrogens with one attached hydrogen (secondary N) is 2. The van der Waals surface area contributed by atoms with Crippen molar-refractivity contribution in [1.82, 2.24) is 14.9 Å². The molecule has 5 rings (SSSR count). The van der Waals surface area contributed by atoms with Gasteiger partial charge in [-0.1, -0.05) is 12.8 Å². The molecule has 2 saturated carbocycles. The number of aromatic nitrogens is 2. The number of halogens is 1. The molecular weight excluding hydrogens is 429 g/mol. The van der Waals surface area contributed by atoms with Gasteiger partial charge < -0.3 is 20.6 Å². The highest BCUT2D eigenvalue weighted by atomic mass is 19.1. The second-order valence-electron chi connectivity index (χ2n) is 10.5. The van der Waals surface area contributed by atoms with E-state index in [0.717, 1.165) is 69.0 Å². The maximum Gasteiger partial charge on any atom is 0.229 e. The molecule has 3 N–H and O–H groups in total. The number of likely N-dealkylation sites (tertiary alicyclic amines) is 1. The summed E-state index contributed by atoms with van der Waals surface area (Å²) < 4.78 is 13.3. The van der Waals surface area contributed by atoms with Gasteiger partial charge in [0.05, 0.1) is 6.10 Å². The Morgan fingerprint density at radius 3 is 2.35 bits per heavy atom. The van der Waals surface area contributed by atoms with E-state index in [0.29, 0.717) is 17.9 Å². The number of rotatable bonds is 7. The second kappa shape index (κ2) is 11.0. The molecule has 3 fully saturated rings. The molecule has 0 atom stereocenters. The molecule has 3 aliphatic rings. The molecule has 2 heterocycles. The Kier molecular flexibility index (Phi) is 7.60. The van der Waals surface area contributed by atoms with Crippen LogP contribution in [0.5, 0.6) is 0 Å². The van der Waals surface area contributed by atoms with Crippen LogP contribution in [0.25, 0.3) is 0 Å². The summed E-state index contributed by atoms with van der Waals surface area (Å²) in [5.74, 6) is 2.53. The zero-order valence-electron chi connectivity index (χ0n) is 20.1. The fraction of sp³-hybridized carbons (Fsp3) is 0.630. The lowest BCUT2D eigenvalue weighted by atomic mass is 9.89. The molecule has 0 unspecified atom stereocenters. The summed E-state index contributed by atoms with van der Waals surface area (Å²) in [5, 5.41) is 16.8.